The van der Waals surface area contributed by atoms with Crippen molar-refractivity contribution in [1.82, 2.24) is 81.4 Å². The molecular weight excluding hydrogens is 1930 g/mol. The number of hydrogen-bond donors (Lipinski definition) is 6. The Bertz CT molecular complexity index is 6410. The molecule has 6 aliphatic rings. The molecule has 6 aliphatic heterocycles. The third kappa shape index (κ3) is 29.5. The third-order valence-electron chi connectivity index (χ3n) is 23.3. The van der Waals surface area contributed by atoms with Crippen LogP contribution in [0.25, 0.3) is 44.7 Å². The molecule has 15 heterocycles. The SMILES string of the molecule is CC#CCn1c(N2CCCCC2)nc2nc(N(CC)CC)n(C)c(=O)c21.CC#CCn1c(N2CCCCC2)nc2nc(N3CCCCC3C(=O)OCC)n(C)c(=O)c21.CC#CCn1c(N2CCCCC2)nc2nc(N3CCC[C@H]3C(=O)O)n(C)c(=O)c21.CC#CCn1c(N2CCCCC2)nc2nc(NCc3ccccn3)n(C)c(=O)c21.O=C(O)C(F)(F)F.O=C(O)C(F)(F)F.O=C(O)C(F)(F)F.O=C(O)C(F)(F)F. The molecule has 0 spiro atoms. The van der Waals surface area contributed by atoms with Crippen LogP contribution in [0.15, 0.2) is 43.6 Å². The van der Waals surface area contributed by atoms with Crippen LogP contribution in [0.4, 0.5) is 100 Å². The van der Waals surface area contributed by atoms with E-state index in [9.17, 15) is 86.6 Å². The van der Waals surface area contributed by atoms with Crippen LogP contribution in [0.3, 0.4) is 0 Å². The number of esters is 1. The number of rotatable bonds is 19. The number of alkyl halides is 12. The van der Waals surface area contributed by atoms with Gasteiger partial charge in [0.25, 0.3) is 22.2 Å². The summed E-state index contributed by atoms with van der Waals surface area (Å²) >= 11 is 0. The number of ether oxygens (including phenoxy) is 1. The average Bonchev–Trinajstić information content (AvgIpc) is 1.59. The van der Waals surface area contributed by atoms with Gasteiger partial charge in [0.2, 0.25) is 47.6 Å². The van der Waals surface area contributed by atoms with E-state index in [1.807, 2.05) is 48.3 Å². The van der Waals surface area contributed by atoms with Crippen molar-refractivity contribution >= 4 is 128 Å². The molecule has 15 rings (SSSR count). The maximum absolute atomic E-state index is 13.5. The first-order chi connectivity index (χ1) is 68.2. The summed E-state index contributed by atoms with van der Waals surface area (Å²) in [5, 5.41) is 41.2. The number of carbonyl (C=O) groups is 6. The van der Waals surface area contributed by atoms with Gasteiger partial charge in [-0.15, -0.1) is 23.7 Å². The third-order valence-corrected chi connectivity index (χ3v) is 23.3. The van der Waals surface area contributed by atoms with E-state index in [4.69, 9.17) is 74.2 Å². The lowest BCUT2D eigenvalue weighted by Crippen LogP contribution is -2.48. The van der Waals surface area contributed by atoms with Gasteiger partial charge in [0.05, 0.1) is 45.0 Å². The number of aromatic nitrogens is 17. The van der Waals surface area contributed by atoms with Crippen LogP contribution >= 0.6 is 0 Å². The first-order valence-corrected chi connectivity index (χ1v) is 46.2. The first-order valence-electron chi connectivity index (χ1n) is 46.2. The highest BCUT2D eigenvalue weighted by atomic mass is 19.4. The second-order valence-corrected chi connectivity index (χ2v) is 32.9. The molecule has 0 radical (unpaired) electrons. The van der Waals surface area contributed by atoms with Crippen molar-refractivity contribution in [2.24, 2.45) is 28.2 Å². The summed E-state index contributed by atoms with van der Waals surface area (Å²) in [7, 11) is 6.86. The van der Waals surface area contributed by atoms with Gasteiger partial charge in [-0.1, -0.05) is 29.7 Å². The van der Waals surface area contributed by atoms with E-state index in [0.29, 0.717) is 134 Å². The zero-order valence-corrected chi connectivity index (χ0v) is 81.2. The summed E-state index contributed by atoms with van der Waals surface area (Å²) in [6.45, 7) is 25.8. The average molecular weight is 2040 g/mol. The molecule has 6 N–H and O–H groups in total. The van der Waals surface area contributed by atoms with Crippen molar-refractivity contribution in [3.05, 3.63) is 71.5 Å². The monoisotopic (exact) mass is 2040 g/mol. The van der Waals surface area contributed by atoms with Gasteiger partial charge >= 0.3 is 60.5 Å². The zero-order chi connectivity index (χ0) is 106. The van der Waals surface area contributed by atoms with Crippen molar-refractivity contribution in [2.75, 3.05) is 125 Å². The van der Waals surface area contributed by atoms with Crippen molar-refractivity contribution in [1.29, 1.82) is 0 Å². The smallest absolute Gasteiger partial charge is 0.480 e. The Morgan fingerprint density at radius 2 is 0.694 bits per heavy atom. The molecule has 2 atom stereocenters. The van der Waals surface area contributed by atoms with Crippen LogP contribution < -0.4 is 61.9 Å². The summed E-state index contributed by atoms with van der Waals surface area (Å²) in [5.41, 5.74) is 3.95. The Kier molecular flexibility index (Phi) is 41.5. The molecule has 41 nitrogen and oxygen atoms in total. The Morgan fingerprint density at radius 3 is 1.01 bits per heavy atom. The molecular formula is C91H115F12N25O16. The highest BCUT2D eigenvalue weighted by molar-refractivity contribution is 5.83. The summed E-state index contributed by atoms with van der Waals surface area (Å²) in [6.07, 6.45) is -0.890. The van der Waals surface area contributed by atoms with Crippen molar-refractivity contribution < 1.29 is 112 Å². The number of piperidine rings is 5. The Morgan fingerprint density at radius 1 is 0.396 bits per heavy atom. The molecule has 0 bridgehead atoms. The van der Waals surface area contributed by atoms with Crippen molar-refractivity contribution in [2.45, 2.75) is 227 Å². The number of aliphatic carboxylic acids is 5. The fourth-order valence-electron chi connectivity index (χ4n) is 16.2. The molecule has 0 amide bonds. The predicted octanol–water partition coefficient (Wildman–Crippen LogP) is 9.94. The van der Waals surface area contributed by atoms with Crippen LogP contribution in [-0.4, -0.2) is 265 Å². The second kappa shape index (κ2) is 52.3. The number of imidazole rings is 4. The highest BCUT2D eigenvalue weighted by Gasteiger charge is 2.42. The molecule has 784 valence electrons. The summed E-state index contributed by atoms with van der Waals surface area (Å²) in [5.74, 6) is 16.8. The minimum atomic E-state index is -5.08. The summed E-state index contributed by atoms with van der Waals surface area (Å²) in [4.78, 5) is 170. The number of fused-ring (bicyclic) bond motifs is 4. The number of pyridine rings is 1. The number of anilines is 8. The molecule has 1 unspecified atom stereocenters. The maximum Gasteiger partial charge on any atom is 0.490 e. The van der Waals surface area contributed by atoms with E-state index in [1.165, 1.54) is 39.4 Å². The lowest BCUT2D eigenvalue weighted by atomic mass is 10.0. The maximum atomic E-state index is 13.5. The van der Waals surface area contributed by atoms with Crippen LogP contribution in [0.2, 0.25) is 0 Å². The van der Waals surface area contributed by atoms with Gasteiger partial charge in [0.15, 0.2) is 44.7 Å². The predicted molar refractivity (Wildman–Crippen MR) is 509 cm³/mol. The minimum Gasteiger partial charge on any atom is -0.480 e. The van der Waals surface area contributed by atoms with E-state index < -0.39 is 66.6 Å². The van der Waals surface area contributed by atoms with Gasteiger partial charge in [-0.05, 0) is 170 Å². The summed E-state index contributed by atoms with van der Waals surface area (Å²) < 4.78 is 146. The number of hydrogen-bond acceptors (Lipinski definition) is 28. The van der Waals surface area contributed by atoms with Crippen LogP contribution in [0.1, 0.15) is 163 Å². The van der Waals surface area contributed by atoms with Crippen LogP contribution in [-0.2, 0) is 94.4 Å². The highest BCUT2D eigenvalue weighted by Crippen LogP contribution is 2.33. The number of nitrogens with zero attached hydrogens (tertiary/aromatic N) is 24. The van der Waals surface area contributed by atoms with Crippen molar-refractivity contribution in [3.8, 4) is 47.4 Å². The van der Waals surface area contributed by atoms with Crippen LogP contribution in [0.5, 0.6) is 0 Å². The van der Waals surface area contributed by atoms with Crippen molar-refractivity contribution in [3.63, 3.8) is 0 Å². The number of halogens is 12. The molecule has 0 aromatic carbocycles. The Labute approximate surface area is 816 Å². The Hall–Kier alpha value is -14.8. The molecule has 0 saturated carbocycles. The van der Waals surface area contributed by atoms with E-state index in [-0.39, 0.29) is 28.2 Å². The summed E-state index contributed by atoms with van der Waals surface area (Å²) in [6, 6.07) is 4.63. The van der Waals surface area contributed by atoms with Gasteiger partial charge in [0.1, 0.15) is 12.1 Å². The number of carboxylic acid groups (broad SMARTS) is 5. The van der Waals surface area contributed by atoms with Gasteiger partial charge < -0.3 is 69.9 Å². The van der Waals surface area contributed by atoms with Gasteiger partial charge in [-0.2, -0.15) is 92.6 Å². The largest absolute Gasteiger partial charge is 0.490 e. The van der Waals surface area contributed by atoms with Gasteiger partial charge in [-0.25, -0.2) is 28.8 Å². The van der Waals surface area contributed by atoms with E-state index in [0.717, 1.165) is 166 Å². The fourth-order valence-corrected chi connectivity index (χ4v) is 16.2. The normalized spacial score (nSPS) is 15.7. The van der Waals surface area contributed by atoms with Gasteiger partial charge in [-0.3, -0.25) is 60.7 Å². The van der Waals surface area contributed by atoms with E-state index >= 15 is 0 Å². The number of carbonyl (C=O) groups excluding carboxylic acids is 1. The molecule has 53 heteroatoms. The topological polar surface area (TPSA) is 471 Å². The van der Waals surface area contributed by atoms with E-state index in [2.05, 4.69) is 106 Å². The second-order valence-electron chi connectivity index (χ2n) is 32.9. The molecule has 0 aliphatic carbocycles. The fraction of sp³-hybridized carbons (Fsp3) is 0.571. The number of nitrogens with one attached hydrogen (secondary N) is 1. The van der Waals surface area contributed by atoms with Gasteiger partial charge in [0, 0.05) is 113 Å². The molecule has 144 heavy (non-hydrogen) atoms. The molecule has 6 fully saturated rings. The van der Waals surface area contributed by atoms with Crippen LogP contribution in [0, 0.1) is 47.4 Å². The lowest BCUT2D eigenvalue weighted by molar-refractivity contribution is -0.193. The lowest BCUT2D eigenvalue weighted by Gasteiger charge is -2.35. The first kappa shape index (κ1) is 114. The molecule has 6 saturated heterocycles. The minimum absolute atomic E-state index is 0.0643. The number of carboxylic acids is 5. The quantitative estimate of drug-likeness (QED) is 0.0249. The van der Waals surface area contributed by atoms with E-state index in [1.54, 1.807) is 71.5 Å². The molecule has 9 aromatic heterocycles. The zero-order valence-electron chi connectivity index (χ0n) is 81.2. The molecule has 9 aromatic rings. The standard InChI is InChI=1S/C23H32N6O3.C21H25N7O.C20H26N6O3.C19H28N6O.4C2HF3O2/c1-4-6-15-29-18-19(25-23(29)27-13-9-7-10-14-27)24-22(26(3)20(18)30)28-16-11-8-12-17(28)21(31)32-5-2;1-3-4-14-28-17-18(25-21(28)27-12-8-5-9-13-27)24-20(26(2)19(17)29)23-15-16-10-6-7-11-22-16;1-3-4-12-26-15-16(22-20(26)24-10-6-5-7-11-24)21-19(23(2)17(15)27)25-13-8-9-14(25)18(28)29;1-5-8-14-25-15-16(21-19(25)24-12-10-9-11-13-24)20-18(22(4)17(15)26)23(6-2)7-3;4*3-2(4,5)1(6)7/h17H,5,7-16H2,1-3H3;6-7,10-11H,5,8-9,12-15H2,1-2H3,(H,23,24);14H,5-13H2,1-2H3,(H,28,29);6-7,9-14H2,1-4H3;4*(H,6,7)/t;;14-;;;;;/m..0...../s1. The Balaban J connectivity index is 0.000000215.